The Hall–Kier alpha value is -1.53. The molecular weight excluding hydrogens is 242 g/mol. The number of nitrogens with zero attached hydrogens (tertiary/aromatic N) is 3. The third-order valence-electron chi connectivity index (χ3n) is 3.38. The van der Waals surface area contributed by atoms with Crippen molar-refractivity contribution >= 4 is 11.6 Å². The van der Waals surface area contributed by atoms with E-state index in [-0.39, 0.29) is 5.91 Å². The molecule has 1 fully saturated rings. The molecule has 0 saturated carbocycles. The maximum absolute atomic E-state index is 12.3. The standard InChI is InChI=1S/C13H23N5O/c1-3-4-17-10-11(14)9-12(17)13(19)15-18-7-5-16(2)6-8-18/h9-10H,3-8,14H2,1-2H3,(H,15,19). The zero-order valence-corrected chi connectivity index (χ0v) is 11.7. The maximum Gasteiger partial charge on any atom is 0.282 e. The Bertz CT molecular complexity index is 434. The molecule has 0 unspecified atom stereocenters. The highest BCUT2D eigenvalue weighted by molar-refractivity contribution is 5.93. The molecule has 0 spiro atoms. The number of rotatable bonds is 4. The lowest BCUT2D eigenvalue weighted by atomic mass is 10.3. The summed E-state index contributed by atoms with van der Waals surface area (Å²) in [5.41, 5.74) is 10.0. The molecule has 0 radical (unpaired) electrons. The second-order valence-electron chi connectivity index (χ2n) is 5.08. The van der Waals surface area contributed by atoms with Gasteiger partial charge in [0.1, 0.15) is 5.69 Å². The number of amides is 1. The van der Waals surface area contributed by atoms with Crippen LogP contribution in [0.1, 0.15) is 23.8 Å². The van der Waals surface area contributed by atoms with Crippen LogP contribution in [0.25, 0.3) is 0 Å². The molecule has 1 aliphatic heterocycles. The Kier molecular flexibility index (Phi) is 4.44. The number of aryl methyl sites for hydroxylation is 1. The van der Waals surface area contributed by atoms with Gasteiger partial charge in [-0.25, -0.2) is 5.01 Å². The number of hydrogen-bond acceptors (Lipinski definition) is 4. The van der Waals surface area contributed by atoms with Crippen LogP contribution in [0.4, 0.5) is 5.69 Å². The lowest BCUT2D eigenvalue weighted by Gasteiger charge is -2.32. The average Bonchev–Trinajstić information content (AvgIpc) is 2.74. The van der Waals surface area contributed by atoms with Gasteiger partial charge in [-0.1, -0.05) is 6.92 Å². The molecular formula is C13H23N5O. The Morgan fingerprint density at radius 1 is 1.37 bits per heavy atom. The number of likely N-dealkylation sites (N-methyl/N-ethyl adjacent to an activating group) is 1. The number of anilines is 1. The zero-order chi connectivity index (χ0) is 13.8. The maximum atomic E-state index is 12.3. The minimum atomic E-state index is -0.0743. The van der Waals surface area contributed by atoms with Crippen LogP contribution in [0, 0.1) is 0 Å². The summed E-state index contributed by atoms with van der Waals surface area (Å²) >= 11 is 0. The molecule has 0 aliphatic carbocycles. The smallest absolute Gasteiger partial charge is 0.282 e. The first kappa shape index (κ1) is 13.9. The Morgan fingerprint density at radius 2 is 2.05 bits per heavy atom. The monoisotopic (exact) mass is 265 g/mol. The van der Waals surface area contributed by atoms with Crippen LogP contribution in [0.15, 0.2) is 12.3 Å². The SMILES string of the molecule is CCCn1cc(N)cc1C(=O)NN1CCN(C)CC1. The van der Waals surface area contributed by atoms with Gasteiger partial charge in [-0.05, 0) is 19.5 Å². The van der Waals surface area contributed by atoms with E-state index < -0.39 is 0 Å². The van der Waals surface area contributed by atoms with Gasteiger partial charge in [-0.2, -0.15) is 0 Å². The van der Waals surface area contributed by atoms with Crippen molar-refractivity contribution in [2.24, 2.45) is 0 Å². The van der Waals surface area contributed by atoms with Gasteiger partial charge in [-0.15, -0.1) is 0 Å². The Balaban J connectivity index is 1.99. The normalized spacial score (nSPS) is 17.6. The number of hydrazine groups is 1. The van der Waals surface area contributed by atoms with Crippen molar-refractivity contribution in [3.8, 4) is 0 Å². The van der Waals surface area contributed by atoms with E-state index in [2.05, 4.69) is 24.3 Å². The molecule has 1 aromatic rings. The van der Waals surface area contributed by atoms with Crippen molar-refractivity contribution in [3.05, 3.63) is 18.0 Å². The lowest BCUT2D eigenvalue weighted by molar-refractivity contribution is 0.0653. The molecule has 3 N–H and O–H groups in total. The highest BCUT2D eigenvalue weighted by Crippen LogP contribution is 2.11. The number of piperazine rings is 1. The molecule has 6 nitrogen and oxygen atoms in total. The fourth-order valence-corrected chi connectivity index (χ4v) is 2.27. The summed E-state index contributed by atoms with van der Waals surface area (Å²) in [4.78, 5) is 14.5. The molecule has 0 aromatic carbocycles. The van der Waals surface area contributed by atoms with E-state index in [1.807, 2.05) is 15.8 Å². The van der Waals surface area contributed by atoms with E-state index >= 15 is 0 Å². The second kappa shape index (κ2) is 6.08. The topological polar surface area (TPSA) is 66.5 Å². The summed E-state index contributed by atoms with van der Waals surface area (Å²) in [6.07, 6.45) is 2.80. The van der Waals surface area contributed by atoms with Gasteiger partial charge in [0.2, 0.25) is 0 Å². The van der Waals surface area contributed by atoms with Crippen LogP contribution in [-0.2, 0) is 6.54 Å². The first-order valence-electron chi connectivity index (χ1n) is 6.80. The summed E-state index contributed by atoms with van der Waals surface area (Å²) in [5, 5.41) is 1.97. The van der Waals surface area contributed by atoms with Gasteiger partial charge in [0.15, 0.2) is 0 Å². The van der Waals surface area contributed by atoms with Crippen molar-refractivity contribution in [3.63, 3.8) is 0 Å². The average molecular weight is 265 g/mol. The summed E-state index contributed by atoms with van der Waals surface area (Å²) in [6.45, 7) is 6.54. The van der Waals surface area contributed by atoms with Crippen molar-refractivity contribution in [1.29, 1.82) is 0 Å². The minimum absolute atomic E-state index is 0.0743. The molecule has 106 valence electrons. The summed E-state index contributed by atoms with van der Waals surface area (Å²) in [7, 11) is 2.09. The molecule has 1 saturated heterocycles. The van der Waals surface area contributed by atoms with E-state index in [9.17, 15) is 4.79 Å². The van der Waals surface area contributed by atoms with Gasteiger partial charge in [-0.3, -0.25) is 10.2 Å². The molecule has 0 atom stereocenters. The summed E-state index contributed by atoms with van der Waals surface area (Å²) < 4.78 is 1.92. The summed E-state index contributed by atoms with van der Waals surface area (Å²) in [6, 6.07) is 1.74. The number of hydrogen-bond donors (Lipinski definition) is 2. The van der Waals surface area contributed by atoms with Crippen molar-refractivity contribution in [2.75, 3.05) is 39.0 Å². The highest BCUT2D eigenvalue weighted by Gasteiger charge is 2.18. The van der Waals surface area contributed by atoms with Gasteiger partial charge < -0.3 is 15.2 Å². The fourth-order valence-electron chi connectivity index (χ4n) is 2.27. The molecule has 0 bridgehead atoms. The Morgan fingerprint density at radius 3 is 2.68 bits per heavy atom. The molecule has 2 heterocycles. The Labute approximate surface area is 114 Å². The van der Waals surface area contributed by atoms with E-state index in [1.165, 1.54) is 0 Å². The van der Waals surface area contributed by atoms with Crippen molar-refractivity contribution < 1.29 is 4.79 Å². The molecule has 1 aliphatic rings. The highest BCUT2D eigenvalue weighted by atomic mass is 16.2. The van der Waals surface area contributed by atoms with Crippen LogP contribution in [0.5, 0.6) is 0 Å². The van der Waals surface area contributed by atoms with Gasteiger partial charge in [0, 0.05) is 38.9 Å². The van der Waals surface area contributed by atoms with Crippen LogP contribution < -0.4 is 11.2 Å². The third kappa shape index (κ3) is 3.48. The van der Waals surface area contributed by atoms with E-state index in [0.29, 0.717) is 11.4 Å². The number of aromatic nitrogens is 1. The molecule has 6 heteroatoms. The number of nitrogen functional groups attached to an aromatic ring is 1. The van der Waals surface area contributed by atoms with E-state index in [1.54, 1.807) is 6.07 Å². The number of carbonyl (C=O) groups is 1. The van der Waals surface area contributed by atoms with Gasteiger partial charge >= 0.3 is 0 Å². The van der Waals surface area contributed by atoms with Crippen molar-refractivity contribution in [2.45, 2.75) is 19.9 Å². The second-order valence-corrected chi connectivity index (χ2v) is 5.08. The largest absolute Gasteiger partial charge is 0.397 e. The molecule has 1 amide bonds. The zero-order valence-electron chi connectivity index (χ0n) is 11.7. The summed E-state index contributed by atoms with van der Waals surface area (Å²) in [5.74, 6) is -0.0743. The van der Waals surface area contributed by atoms with E-state index in [0.717, 1.165) is 39.1 Å². The minimum Gasteiger partial charge on any atom is -0.397 e. The van der Waals surface area contributed by atoms with Crippen LogP contribution in [-0.4, -0.2) is 53.6 Å². The first-order chi connectivity index (χ1) is 9.10. The number of nitrogens with one attached hydrogen (secondary N) is 1. The van der Waals surface area contributed by atoms with Crippen LogP contribution >= 0.6 is 0 Å². The van der Waals surface area contributed by atoms with Gasteiger partial charge in [0.05, 0.1) is 5.69 Å². The predicted octanol–water partition coefficient (Wildman–Crippen LogP) is 0.373. The number of carbonyl (C=O) groups excluding carboxylic acids is 1. The van der Waals surface area contributed by atoms with Gasteiger partial charge in [0.25, 0.3) is 5.91 Å². The third-order valence-corrected chi connectivity index (χ3v) is 3.38. The first-order valence-corrected chi connectivity index (χ1v) is 6.80. The van der Waals surface area contributed by atoms with Crippen molar-refractivity contribution in [1.82, 2.24) is 19.9 Å². The fraction of sp³-hybridized carbons (Fsp3) is 0.615. The molecule has 1 aromatic heterocycles. The predicted molar refractivity (Wildman–Crippen MR) is 75.7 cm³/mol. The molecule has 2 rings (SSSR count). The lowest BCUT2D eigenvalue weighted by Crippen LogP contribution is -2.52. The number of nitrogens with two attached hydrogens (primary N) is 1. The quantitative estimate of drug-likeness (QED) is 0.825. The van der Waals surface area contributed by atoms with E-state index in [4.69, 9.17) is 5.73 Å². The van der Waals surface area contributed by atoms with Crippen LogP contribution in [0.3, 0.4) is 0 Å². The molecule has 19 heavy (non-hydrogen) atoms. The van der Waals surface area contributed by atoms with Crippen LogP contribution in [0.2, 0.25) is 0 Å².